The van der Waals surface area contributed by atoms with Crippen LogP contribution in [0.1, 0.15) is 19.3 Å². The monoisotopic (exact) mass is 332 g/mol. The van der Waals surface area contributed by atoms with Crippen LogP contribution in [0.4, 0.5) is 5.69 Å². The molecule has 1 aromatic carbocycles. The third-order valence-corrected chi connectivity index (χ3v) is 5.69. The minimum Gasteiger partial charge on any atom is -0.384 e. The first-order valence-corrected chi connectivity index (χ1v) is 10.4. The minimum atomic E-state index is -3.52. The summed E-state index contributed by atoms with van der Waals surface area (Å²) >= 11 is 0. The van der Waals surface area contributed by atoms with Crippen molar-refractivity contribution in [3.05, 3.63) is 24.3 Å². The zero-order valence-corrected chi connectivity index (χ0v) is 13.5. The smallest absolute Gasteiger partial charge is 0.242 e. The molecule has 0 heterocycles. The van der Waals surface area contributed by atoms with Crippen molar-refractivity contribution in [2.24, 2.45) is 0 Å². The van der Waals surface area contributed by atoms with Crippen molar-refractivity contribution in [2.45, 2.75) is 30.2 Å². The highest BCUT2D eigenvalue weighted by molar-refractivity contribution is 7.90. The van der Waals surface area contributed by atoms with Crippen LogP contribution < -0.4 is 10.0 Å². The van der Waals surface area contributed by atoms with Crippen molar-refractivity contribution in [3.8, 4) is 0 Å². The van der Waals surface area contributed by atoms with Crippen LogP contribution >= 0.6 is 0 Å². The number of nitrogens with one attached hydrogen (secondary N) is 2. The van der Waals surface area contributed by atoms with Gasteiger partial charge in [0.2, 0.25) is 10.0 Å². The molecule has 0 amide bonds. The van der Waals surface area contributed by atoms with Crippen molar-refractivity contribution >= 4 is 25.5 Å². The highest BCUT2D eigenvalue weighted by Crippen LogP contribution is 2.25. The number of anilines is 1. The quantitative estimate of drug-likeness (QED) is 0.692. The average Bonchev–Trinajstić information content (AvgIpc) is 3.17. The molecular formula is C13H20N2O4S2. The Labute approximate surface area is 125 Å². The van der Waals surface area contributed by atoms with Crippen molar-refractivity contribution < 1.29 is 16.8 Å². The molecule has 1 fully saturated rings. The summed E-state index contributed by atoms with van der Waals surface area (Å²) in [5.41, 5.74) is 0.499. The van der Waals surface area contributed by atoms with Crippen LogP contribution in [0.15, 0.2) is 29.2 Å². The van der Waals surface area contributed by atoms with Crippen LogP contribution in [0.2, 0.25) is 0 Å². The first-order valence-electron chi connectivity index (χ1n) is 6.81. The summed E-state index contributed by atoms with van der Waals surface area (Å²) in [5.74, 6) is 0.0786. The van der Waals surface area contributed by atoms with Gasteiger partial charge in [-0.1, -0.05) is 12.1 Å². The summed E-state index contributed by atoms with van der Waals surface area (Å²) in [4.78, 5) is 0.205. The summed E-state index contributed by atoms with van der Waals surface area (Å²) in [6.45, 7) is 0.406. The van der Waals surface area contributed by atoms with Gasteiger partial charge in [-0.25, -0.2) is 21.6 Å². The SMILES string of the molecule is CS(=O)(=O)CCCNc1ccccc1S(=O)(=O)NC1CC1. The minimum absolute atomic E-state index is 0.0493. The summed E-state index contributed by atoms with van der Waals surface area (Å²) in [7, 11) is -6.52. The molecule has 1 aromatic rings. The summed E-state index contributed by atoms with van der Waals surface area (Å²) in [6, 6.07) is 6.69. The number of rotatable bonds is 8. The molecule has 2 N–H and O–H groups in total. The number of para-hydroxylation sites is 1. The Bertz CT molecular complexity index is 695. The third-order valence-electron chi connectivity index (χ3n) is 3.08. The molecule has 8 heteroatoms. The van der Waals surface area contributed by atoms with Crippen LogP contribution in [0, 0.1) is 0 Å². The van der Waals surface area contributed by atoms with E-state index in [4.69, 9.17) is 0 Å². The van der Waals surface area contributed by atoms with Gasteiger partial charge < -0.3 is 5.32 Å². The van der Waals surface area contributed by atoms with Crippen LogP contribution in [-0.2, 0) is 19.9 Å². The van der Waals surface area contributed by atoms with E-state index in [9.17, 15) is 16.8 Å². The molecule has 21 heavy (non-hydrogen) atoms. The van der Waals surface area contributed by atoms with Crippen LogP contribution in [0.5, 0.6) is 0 Å². The maximum atomic E-state index is 12.2. The summed E-state index contributed by atoms with van der Waals surface area (Å²) in [6.07, 6.45) is 3.38. The van der Waals surface area contributed by atoms with Gasteiger partial charge in [0.15, 0.2) is 0 Å². The second kappa shape index (κ2) is 6.33. The normalized spacial score (nSPS) is 15.9. The molecule has 0 radical (unpaired) electrons. The standard InChI is InChI=1S/C13H20N2O4S2/c1-20(16,17)10-4-9-14-12-5-2-3-6-13(12)21(18,19)15-11-7-8-11/h2-3,5-6,11,14-15H,4,7-10H2,1H3. The predicted octanol–water partition coefficient (Wildman–Crippen LogP) is 0.974. The Morgan fingerprint density at radius 3 is 2.43 bits per heavy atom. The first kappa shape index (κ1) is 16.3. The molecule has 0 saturated heterocycles. The maximum absolute atomic E-state index is 12.2. The molecule has 0 aromatic heterocycles. The van der Waals surface area contributed by atoms with E-state index >= 15 is 0 Å². The molecule has 118 valence electrons. The Kier molecular flexibility index (Phi) is 4.90. The van der Waals surface area contributed by atoms with Crippen molar-refractivity contribution in [3.63, 3.8) is 0 Å². The average molecular weight is 332 g/mol. The third kappa shape index (κ3) is 5.29. The van der Waals surface area contributed by atoms with E-state index in [1.165, 1.54) is 6.26 Å². The lowest BCUT2D eigenvalue weighted by molar-refractivity contribution is 0.581. The number of hydrogen-bond donors (Lipinski definition) is 2. The summed E-state index contributed by atoms with van der Waals surface area (Å²) in [5, 5.41) is 3.00. The second-order valence-corrected chi connectivity index (χ2v) is 9.24. The van der Waals surface area contributed by atoms with E-state index in [2.05, 4.69) is 10.0 Å². The molecule has 1 aliphatic rings. The van der Waals surface area contributed by atoms with E-state index in [1.807, 2.05) is 0 Å². The van der Waals surface area contributed by atoms with Gasteiger partial charge in [0.05, 0.1) is 11.4 Å². The van der Waals surface area contributed by atoms with Crippen LogP contribution in [0.25, 0.3) is 0 Å². The molecule has 0 atom stereocenters. The van der Waals surface area contributed by atoms with E-state index in [0.29, 0.717) is 18.7 Å². The van der Waals surface area contributed by atoms with Crippen molar-refractivity contribution in [2.75, 3.05) is 23.9 Å². The lowest BCUT2D eigenvalue weighted by Gasteiger charge is -2.12. The Morgan fingerprint density at radius 2 is 1.81 bits per heavy atom. The fraction of sp³-hybridized carbons (Fsp3) is 0.538. The molecule has 2 rings (SSSR count). The van der Waals surface area contributed by atoms with Crippen LogP contribution in [-0.4, -0.2) is 41.4 Å². The lowest BCUT2D eigenvalue weighted by atomic mass is 10.3. The highest BCUT2D eigenvalue weighted by Gasteiger charge is 2.29. The maximum Gasteiger partial charge on any atom is 0.242 e. The Morgan fingerprint density at radius 1 is 1.14 bits per heavy atom. The lowest BCUT2D eigenvalue weighted by Crippen LogP contribution is -2.26. The molecule has 1 saturated carbocycles. The molecule has 0 aliphatic heterocycles. The van der Waals surface area contributed by atoms with Gasteiger partial charge in [-0.15, -0.1) is 0 Å². The first-order chi connectivity index (χ1) is 9.78. The molecule has 0 bridgehead atoms. The van der Waals surface area contributed by atoms with Gasteiger partial charge in [-0.2, -0.15) is 0 Å². The molecule has 6 nitrogen and oxygen atoms in total. The number of sulfonamides is 1. The van der Waals surface area contributed by atoms with Gasteiger partial charge >= 0.3 is 0 Å². The molecular weight excluding hydrogens is 312 g/mol. The molecule has 0 spiro atoms. The zero-order chi connectivity index (χ0) is 15.5. The van der Waals surface area contributed by atoms with Crippen molar-refractivity contribution in [1.29, 1.82) is 0 Å². The van der Waals surface area contributed by atoms with Gasteiger partial charge in [-0.3, -0.25) is 0 Å². The fourth-order valence-electron chi connectivity index (χ4n) is 1.89. The van der Waals surface area contributed by atoms with Gasteiger partial charge in [0, 0.05) is 18.8 Å². The van der Waals surface area contributed by atoms with E-state index in [1.54, 1.807) is 24.3 Å². The predicted molar refractivity (Wildman–Crippen MR) is 82.6 cm³/mol. The topological polar surface area (TPSA) is 92.3 Å². The Balaban J connectivity index is 2.03. The van der Waals surface area contributed by atoms with E-state index in [-0.39, 0.29) is 16.7 Å². The number of sulfone groups is 1. The van der Waals surface area contributed by atoms with Crippen LogP contribution in [0.3, 0.4) is 0 Å². The van der Waals surface area contributed by atoms with Gasteiger partial charge in [-0.05, 0) is 31.4 Å². The molecule has 0 unspecified atom stereocenters. The van der Waals surface area contributed by atoms with Gasteiger partial charge in [0.25, 0.3) is 0 Å². The number of benzene rings is 1. The van der Waals surface area contributed by atoms with Crippen molar-refractivity contribution in [1.82, 2.24) is 4.72 Å². The zero-order valence-electron chi connectivity index (χ0n) is 11.9. The summed E-state index contributed by atoms with van der Waals surface area (Å²) < 4.78 is 49.3. The Hall–Kier alpha value is -1.12. The van der Waals surface area contributed by atoms with E-state index < -0.39 is 19.9 Å². The largest absolute Gasteiger partial charge is 0.384 e. The molecule has 1 aliphatic carbocycles. The van der Waals surface area contributed by atoms with Gasteiger partial charge in [0.1, 0.15) is 14.7 Å². The highest BCUT2D eigenvalue weighted by atomic mass is 32.2. The number of hydrogen-bond acceptors (Lipinski definition) is 5. The fourth-order valence-corrected chi connectivity index (χ4v) is 4.05. The van der Waals surface area contributed by atoms with E-state index in [0.717, 1.165) is 12.8 Å². The second-order valence-electron chi connectivity index (χ2n) is 5.30.